The Hall–Kier alpha value is -0.420. The molecule has 0 saturated heterocycles. The second-order valence-electron chi connectivity index (χ2n) is 1.51. The molecule has 61 valence electrons. The summed E-state index contributed by atoms with van der Waals surface area (Å²) < 4.78 is 67.2. The van der Waals surface area contributed by atoms with Crippen molar-refractivity contribution in [1.29, 1.82) is 0 Å². The molecular formula is C4H3F6. The lowest BCUT2D eigenvalue weighted by Gasteiger charge is -2.12. The fourth-order valence-electron chi connectivity index (χ4n) is 0.244. The van der Waals surface area contributed by atoms with E-state index in [1.807, 2.05) is 0 Å². The molecule has 0 rings (SSSR count). The lowest BCUT2D eigenvalue weighted by atomic mass is 10.2. The van der Waals surface area contributed by atoms with Crippen LogP contribution in [0.2, 0.25) is 0 Å². The van der Waals surface area contributed by atoms with Crippen molar-refractivity contribution in [3.8, 4) is 0 Å². The summed E-state index contributed by atoms with van der Waals surface area (Å²) in [5, 5.41) is 0. The van der Waals surface area contributed by atoms with Crippen LogP contribution >= 0.6 is 0 Å². The molecule has 2 atom stereocenters. The van der Waals surface area contributed by atoms with E-state index >= 15 is 0 Å². The van der Waals surface area contributed by atoms with Crippen molar-refractivity contribution in [2.75, 3.05) is 0 Å². The van der Waals surface area contributed by atoms with Gasteiger partial charge in [0.25, 0.3) is 0 Å². The smallest absolute Gasteiger partial charge is 0.241 e. The molecule has 0 fully saturated rings. The molecule has 0 bridgehead atoms. The van der Waals surface area contributed by atoms with Crippen molar-refractivity contribution in [2.24, 2.45) is 0 Å². The zero-order valence-corrected chi connectivity index (χ0v) is 4.50. The Balaban J connectivity index is 3.94. The van der Waals surface area contributed by atoms with Crippen LogP contribution in [0.4, 0.5) is 26.3 Å². The third kappa shape index (κ3) is 2.45. The number of rotatable bonds is 2. The molecule has 0 heterocycles. The van der Waals surface area contributed by atoms with Gasteiger partial charge >= 0.3 is 6.18 Å². The van der Waals surface area contributed by atoms with Gasteiger partial charge in [-0.3, -0.25) is 0 Å². The highest BCUT2D eigenvalue weighted by molar-refractivity contribution is 4.80. The van der Waals surface area contributed by atoms with E-state index in [9.17, 15) is 26.3 Å². The number of hydrogen-bond acceptors (Lipinski definition) is 0. The Morgan fingerprint density at radius 3 is 1.60 bits per heavy atom. The van der Waals surface area contributed by atoms with Crippen molar-refractivity contribution in [3.63, 3.8) is 0 Å². The maximum Gasteiger partial charge on any atom is 0.422 e. The molecular weight excluding hydrogens is 162 g/mol. The summed E-state index contributed by atoms with van der Waals surface area (Å²) in [6.45, 7) is -0.974. The normalized spacial score (nSPS) is 18.6. The Kier molecular flexibility index (Phi) is 2.98. The molecule has 0 nitrogen and oxygen atoms in total. The van der Waals surface area contributed by atoms with E-state index in [1.165, 1.54) is 0 Å². The van der Waals surface area contributed by atoms with Crippen LogP contribution in [0.25, 0.3) is 0 Å². The van der Waals surface area contributed by atoms with Gasteiger partial charge in [-0.15, -0.1) is 0 Å². The van der Waals surface area contributed by atoms with Crippen molar-refractivity contribution in [3.05, 3.63) is 6.67 Å². The van der Waals surface area contributed by atoms with Crippen molar-refractivity contribution >= 4 is 0 Å². The predicted octanol–water partition coefficient (Wildman–Crippen LogP) is 2.36. The van der Waals surface area contributed by atoms with E-state index in [1.54, 1.807) is 0 Å². The van der Waals surface area contributed by atoms with E-state index in [0.29, 0.717) is 0 Å². The Morgan fingerprint density at radius 1 is 1.10 bits per heavy atom. The highest BCUT2D eigenvalue weighted by Crippen LogP contribution is 2.27. The second kappa shape index (κ2) is 3.12. The van der Waals surface area contributed by atoms with Crippen LogP contribution in [-0.2, 0) is 0 Å². The SMILES string of the molecule is F[CH]C(F)C(F)C(F)(F)F. The van der Waals surface area contributed by atoms with Crippen LogP contribution in [-0.4, -0.2) is 18.5 Å². The Labute approximate surface area is 52.8 Å². The standard InChI is InChI=1S/C4H3F6/c5-1-2(6)3(7)4(8,9)10/h1-3H. The summed E-state index contributed by atoms with van der Waals surface area (Å²) in [5.74, 6) is 0. The molecule has 0 saturated carbocycles. The van der Waals surface area contributed by atoms with Crippen LogP contribution in [0, 0.1) is 6.67 Å². The van der Waals surface area contributed by atoms with Gasteiger partial charge in [-0.1, -0.05) is 0 Å². The largest absolute Gasteiger partial charge is 0.422 e. The van der Waals surface area contributed by atoms with Gasteiger partial charge < -0.3 is 0 Å². The van der Waals surface area contributed by atoms with E-state index in [-0.39, 0.29) is 0 Å². The zero-order chi connectivity index (χ0) is 8.36. The fourth-order valence-corrected chi connectivity index (χ4v) is 0.244. The van der Waals surface area contributed by atoms with Gasteiger partial charge in [0.1, 0.15) is 0 Å². The fraction of sp³-hybridized carbons (Fsp3) is 0.750. The third-order valence-electron chi connectivity index (χ3n) is 0.713. The van der Waals surface area contributed by atoms with Gasteiger partial charge in [0.05, 0.1) is 0 Å². The van der Waals surface area contributed by atoms with Gasteiger partial charge in [0, 0.05) is 0 Å². The molecule has 6 heteroatoms. The van der Waals surface area contributed by atoms with E-state index < -0.39 is 25.2 Å². The summed E-state index contributed by atoms with van der Waals surface area (Å²) in [7, 11) is 0. The molecule has 0 aliphatic rings. The first-order valence-electron chi connectivity index (χ1n) is 2.18. The average molecular weight is 165 g/mol. The molecule has 0 aliphatic heterocycles. The summed E-state index contributed by atoms with van der Waals surface area (Å²) in [6, 6.07) is 0. The molecule has 0 aromatic heterocycles. The van der Waals surface area contributed by atoms with E-state index in [0.717, 1.165) is 0 Å². The quantitative estimate of drug-likeness (QED) is 0.551. The summed E-state index contributed by atoms with van der Waals surface area (Å²) in [6.07, 6.45) is -12.3. The van der Waals surface area contributed by atoms with Crippen LogP contribution < -0.4 is 0 Å². The van der Waals surface area contributed by atoms with Crippen molar-refractivity contribution in [2.45, 2.75) is 18.5 Å². The maximum absolute atomic E-state index is 11.5. The highest BCUT2D eigenvalue weighted by Gasteiger charge is 2.46. The van der Waals surface area contributed by atoms with Crippen LogP contribution in [0.1, 0.15) is 0 Å². The molecule has 10 heavy (non-hydrogen) atoms. The van der Waals surface area contributed by atoms with E-state index in [4.69, 9.17) is 0 Å². The van der Waals surface area contributed by atoms with Crippen LogP contribution in [0.15, 0.2) is 0 Å². The minimum Gasteiger partial charge on any atom is -0.241 e. The van der Waals surface area contributed by atoms with Gasteiger partial charge in [-0.25, -0.2) is 13.2 Å². The number of alkyl halides is 5. The van der Waals surface area contributed by atoms with Gasteiger partial charge in [-0.2, -0.15) is 13.2 Å². The lowest BCUT2D eigenvalue weighted by Crippen LogP contribution is -2.33. The summed E-state index contributed by atoms with van der Waals surface area (Å²) >= 11 is 0. The van der Waals surface area contributed by atoms with Gasteiger partial charge in [-0.05, 0) is 0 Å². The van der Waals surface area contributed by atoms with Gasteiger partial charge in [0.2, 0.25) is 6.17 Å². The van der Waals surface area contributed by atoms with E-state index in [2.05, 4.69) is 0 Å². The zero-order valence-electron chi connectivity index (χ0n) is 4.50. The number of halogens is 6. The Morgan fingerprint density at radius 2 is 1.50 bits per heavy atom. The highest BCUT2D eigenvalue weighted by atomic mass is 19.4. The topological polar surface area (TPSA) is 0 Å². The van der Waals surface area contributed by atoms with Gasteiger partial charge in [0.15, 0.2) is 12.8 Å². The number of hydrogen-bond donors (Lipinski definition) is 0. The summed E-state index contributed by atoms with van der Waals surface area (Å²) in [5.41, 5.74) is 0. The first-order chi connectivity index (χ1) is 4.39. The molecule has 1 radical (unpaired) electrons. The maximum atomic E-state index is 11.5. The van der Waals surface area contributed by atoms with Crippen molar-refractivity contribution in [1.82, 2.24) is 0 Å². The minimum atomic E-state index is -5.33. The second-order valence-corrected chi connectivity index (χ2v) is 1.51. The molecule has 0 aliphatic carbocycles. The minimum absolute atomic E-state index is 0.974. The molecule has 2 unspecified atom stereocenters. The summed E-state index contributed by atoms with van der Waals surface area (Å²) in [4.78, 5) is 0. The molecule has 0 amide bonds. The molecule has 0 aromatic rings. The molecule has 0 spiro atoms. The predicted molar refractivity (Wildman–Crippen MR) is 21.3 cm³/mol. The monoisotopic (exact) mass is 165 g/mol. The first-order valence-corrected chi connectivity index (χ1v) is 2.18. The average Bonchev–Trinajstić information content (AvgIpc) is 1.83. The lowest BCUT2D eigenvalue weighted by molar-refractivity contribution is -0.194. The molecule has 0 N–H and O–H groups in total. The molecule has 0 aromatic carbocycles. The first kappa shape index (κ1) is 9.58. The Bertz CT molecular complexity index is 96.4. The van der Waals surface area contributed by atoms with Crippen molar-refractivity contribution < 1.29 is 26.3 Å². The van der Waals surface area contributed by atoms with Crippen LogP contribution in [0.3, 0.4) is 0 Å². The third-order valence-corrected chi connectivity index (χ3v) is 0.713. The van der Waals surface area contributed by atoms with Crippen LogP contribution in [0.5, 0.6) is 0 Å².